The summed E-state index contributed by atoms with van der Waals surface area (Å²) in [6.07, 6.45) is 1.61. The molecule has 0 bridgehead atoms. The summed E-state index contributed by atoms with van der Waals surface area (Å²) in [4.78, 5) is 14.1. The van der Waals surface area contributed by atoms with E-state index in [9.17, 15) is 18.5 Å². The molecule has 1 N–H and O–H groups in total. The zero-order valence-electron chi connectivity index (χ0n) is 11.7. The van der Waals surface area contributed by atoms with Crippen molar-refractivity contribution in [2.45, 2.75) is 4.90 Å². The topological polar surface area (TPSA) is 102 Å². The van der Waals surface area contributed by atoms with Crippen LogP contribution in [-0.2, 0) is 10.0 Å². The Balaban J connectivity index is 2.04. The van der Waals surface area contributed by atoms with Gasteiger partial charge in [-0.05, 0) is 30.3 Å². The van der Waals surface area contributed by atoms with Gasteiger partial charge in [0, 0.05) is 23.7 Å². The van der Waals surface area contributed by atoms with Crippen LogP contribution in [0.25, 0.3) is 10.9 Å². The number of nitrogens with one attached hydrogen (secondary N) is 1. The molecule has 0 atom stereocenters. The highest BCUT2D eigenvalue weighted by atomic mass is 32.2. The Kier molecular flexibility index (Phi) is 3.67. The normalized spacial score (nSPS) is 11.3. The number of sulfonamides is 1. The van der Waals surface area contributed by atoms with E-state index in [1.165, 1.54) is 18.2 Å². The minimum absolute atomic E-state index is 0.174. The lowest BCUT2D eigenvalue weighted by molar-refractivity contribution is -0.385. The van der Waals surface area contributed by atoms with Gasteiger partial charge in [0.2, 0.25) is 0 Å². The third-order valence-electron chi connectivity index (χ3n) is 3.23. The van der Waals surface area contributed by atoms with Crippen molar-refractivity contribution in [2.24, 2.45) is 0 Å². The maximum absolute atomic E-state index is 12.5. The van der Waals surface area contributed by atoms with E-state index in [2.05, 4.69) is 9.71 Å². The molecule has 3 rings (SSSR count). The third kappa shape index (κ3) is 2.97. The fourth-order valence-corrected chi connectivity index (χ4v) is 3.28. The number of nitro benzene ring substituents is 1. The van der Waals surface area contributed by atoms with E-state index in [0.29, 0.717) is 16.6 Å². The summed E-state index contributed by atoms with van der Waals surface area (Å²) in [5.41, 5.74) is 0.723. The Morgan fingerprint density at radius 2 is 1.83 bits per heavy atom. The Bertz CT molecular complexity index is 997. The molecule has 0 unspecified atom stereocenters. The minimum atomic E-state index is -3.94. The lowest BCUT2D eigenvalue weighted by Crippen LogP contribution is -2.13. The average Bonchev–Trinajstić information content (AvgIpc) is 2.55. The number of benzene rings is 2. The van der Waals surface area contributed by atoms with E-state index < -0.39 is 14.9 Å². The second kappa shape index (κ2) is 5.65. The van der Waals surface area contributed by atoms with Gasteiger partial charge in [0.1, 0.15) is 0 Å². The molecule has 7 nitrogen and oxygen atoms in total. The predicted octanol–water partition coefficient (Wildman–Crippen LogP) is 2.94. The smallest absolute Gasteiger partial charge is 0.270 e. The standard InChI is InChI=1S/C15H11N3O4S/c19-18(20)11-4-1-5-12(10-11)23(21,22)17-15-8-2-7-14-13(15)6-3-9-16-14/h1-10,17H. The van der Waals surface area contributed by atoms with Crippen LogP contribution in [0.5, 0.6) is 0 Å². The van der Waals surface area contributed by atoms with E-state index in [0.717, 1.165) is 6.07 Å². The number of hydrogen-bond donors (Lipinski definition) is 1. The second-order valence-corrected chi connectivity index (χ2v) is 6.42. The molecule has 2 aromatic carbocycles. The van der Waals surface area contributed by atoms with Crippen LogP contribution >= 0.6 is 0 Å². The van der Waals surface area contributed by atoms with Crippen LogP contribution in [0.3, 0.4) is 0 Å². The largest absolute Gasteiger partial charge is 0.279 e. The van der Waals surface area contributed by atoms with Gasteiger partial charge in [-0.1, -0.05) is 12.1 Å². The van der Waals surface area contributed by atoms with Gasteiger partial charge in [-0.3, -0.25) is 19.8 Å². The molecule has 8 heteroatoms. The van der Waals surface area contributed by atoms with Gasteiger partial charge < -0.3 is 0 Å². The van der Waals surface area contributed by atoms with E-state index >= 15 is 0 Å². The maximum Gasteiger partial charge on any atom is 0.270 e. The van der Waals surface area contributed by atoms with Gasteiger partial charge in [-0.15, -0.1) is 0 Å². The van der Waals surface area contributed by atoms with Crippen molar-refractivity contribution in [1.82, 2.24) is 4.98 Å². The summed E-state index contributed by atoms with van der Waals surface area (Å²) in [7, 11) is -3.94. The number of fused-ring (bicyclic) bond motifs is 1. The summed E-state index contributed by atoms with van der Waals surface area (Å²) in [5.74, 6) is 0. The van der Waals surface area contributed by atoms with Crippen LogP contribution in [0.2, 0.25) is 0 Å². The molecular weight excluding hydrogens is 318 g/mol. The van der Waals surface area contributed by atoms with Crippen LogP contribution in [-0.4, -0.2) is 18.3 Å². The van der Waals surface area contributed by atoms with E-state index in [1.807, 2.05) is 0 Å². The first-order chi connectivity index (χ1) is 11.0. The van der Waals surface area contributed by atoms with Crippen LogP contribution in [0.1, 0.15) is 0 Å². The van der Waals surface area contributed by atoms with Gasteiger partial charge >= 0.3 is 0 Å². The molecule has 0 aliphatic rings. The lowest BCUT2D eigenvalue weighted by atomic mass is 10.2. The first-order valence-electron chi connectivity index (χ1n) is 6.58. The van der Waals surface area contributed by atoms with Crippen molar-refractivity contribution in [2.75, 3.05) is 4.72 Å². The number of hydrogen-bond acceptors (Lipinski definition) is 5. The molecule has 23 heavy (non-hydrogen) atoms. The van der Waals surface area contributed by atoms with Gasteiger partial charge in [0.25, 0.3) is 15.7 Å². The molecule has 1 heterocycles. The number of anilines is 1. The van der Waals surface area contributed by atoms with Crippen LogP contribution in [0.15, 0.2) is 65.7 Å². The highest BCUT2D eigenvalue weighted by molar-refractivity contribution is 7.92. The van der Waals surface area contributed by atoms with Crippen molar-refractivity contribution >= 4 is 32.3 Å². The zero-order valence-corrected chi connectivity index (χ0v) is 12.5. The maximum atomic E-state index is 12.5. The Hall–Kier alpha value is -3.00. The van der Waals surface area contributed by atoms with Crippen molar-refractivity contribution in [1.29, 1.82) is 0 Å². The fourth-order valence-electron chi connectivity index (χ4n) is 2.16. The Morgan fingerprint density at radius 1 is 1.04 bits per heavy atom. The molecule has 0 aliphatic heterocycles. The molecule has 0 fully saturated rings. The monoisotopic (exact) mass is 329 g/mol. The average molecular weight is 329 g/mol. The number of non-ortho nitro benzene ring substituents is 1. The first-order valence-corrected chi connectivity index (χ1v) is 8.07. The number of nitro groups is 1. The summed E-state index contributed by atoms with van der Waals surface area (Å²) in [6.45, 7) is 0. The molecular formula is C15H11N3O4S. The van der Waals surface area contributed by atoms with E-state index in [1.54, 1.807) is 36.5 Å². The van der Waals surface area contributed by atoms with Crippen molar-refractivity contribution in [3.8, 4) is 0 Å². The van der Waals surface area contributed by atoms with Crippen molar-refractivity contribution in [3.05, 3.63) is 70.9 Å². The molecule has 0 spiro atoms. The van der Waals surface area contributed by atoms with Crippen LogP contribution < -0.4 is 4.72 Å². The third-order valence-corrected chi connectivity index (χ3v) is 4.59. The molecule has 116 valence electrons. The Labute approximate surface area is 131 Å². The summed E-state index contributed by atoms with van der Waals surface area (Å²) >= 11 is 0. The molecule has 0 saturated carbocycles. The molecule has 3 aromatic rings. The van der Waals surface area contributed by atoms with Crippen molar-refractivity contribution in [3.63, 3.8) is 0 Å². The minimum Gasteiger partial charge on any atom is -0.279 e. The van der Waals surface area contributed by atoms with Gasteiger partial charge in [-0.25, -0.2) is 8.42 Å². The SMILES string of the molecule is O=[N+]([O-])c1cccc(S(=O)(=O)Nc2cccc3ncccc23)c1. The number of rotatable bonds is 4. The molecule has 0 amide bonds. The summed E-state index contributed by atoms with van der Waals surface area (Å²) in [6, 6.07) is 13.4. The number of pyridine rings is 1. The molecule has 0 radical (unpaired) electrons. The van der Waals surface area contributed by atoms with Gasteiger partial charge in [0.15, 0.2) is 0 Å². The van der Waals surface area contributed by atoms with Crippen molar-refractivity contribution < 1.29 is 13.3 Å². The number of nitrogens with zero attached hydrogens (tertiary/aromatic N) is 2. The quantitative estimate of drug-likeness (QED) is 0.585. The Morgan fingerprint density at radius 3 is 2.61 bits per heavy atom. The highest BCUT2D eigenvalue weighted by Gasteiger charge is 2.18. The van der Waals surface area contributed by atoms with Crippen LogP contribution in [0.4, 0.5) is 11.4 Å². The highest BCUT2D eigenvalue weighted by Crippen LogP contribution is 2.25. The second-order valence-electron chi connectivity index (χ2n) is 4.74. The summed E-state index contributed by atoms with van der Waals surface area (Å²) < 4.78 is 27.4. The lowest BCUT2D eigenvalue weighted by Gasteiger charge is -2.10. The van der Waals surface area contributed by atoms with Crippen LogP contribution in [0, 0.1) is 10.1 Å². The molecule has 1 aromatic heterocycles. The molecule has 0 saturated heterocycles. The fraction of sp³-hybridized carbons (Fsp3) is 0. The zero-order chi connectivity index (χ0) is 16.4. The van der Waals surface area contributed by atoms with E-state index in [4.69, 9.17) is 0 Å². The first kappa shape index (κ1) is 14.9. The number of aromatic nitrogens is 1. The van der Waals surface area contributed by atoms with Gasteiger partial charge in [-0.2, -0.15) is 0 Å². The molecule has 0 aliphatic carbocycles. The predicted molar refractivity (Wildman–Crippen MR) is 85.6 cm³/mol. The van der Waals surface area contributed by atoms with Gasteiger partial charge in [0.05, 0.1) is 21.0 Å². The van der Waals surface area contributed by atoms with E-state index in [-0.39, 0.29) is 10.6 Å². The summed E-state index contributed by atoms with van der Waals surface area (Å²) in [5, 5.41) is 11.4.